The minimum Gasteiger partial charge on any atom is -0.481 e. The standard InChI is InChI=1S/C26H20F5N3O3/c27-18-9-15(14-3-8-22(32-12-14)37-17-5-1-13(2-6-17)25(35)36)10-19(28)23(18)24-33-20-7-4-16(26(29,30)31)11-21(20)34-24/h3-4,7-13,17H,1-2,5-6H2,(H,33,34)(H,35,36)/t13-,17-. The minimum absolute atomic E-state index is 0.0658. The number of aromatic nitrogens is 3. The first-order valence-corrected chi connectivity index (χ1v) is 11.5. The lowest BCUT2D eigenvalue weighted by atomic mass is 9.87. The van der Waals surface area contributed by atoms with Crippen molar-refractivity contribution in [3.05, 3.63) is 65.9 Å². The Bertz CT molecular complexity index is 1440. The zero-order chi connectivity index (χ0) is 26.3. The van der Waals surface area contributed by atoms with Gasteiger partial charge in [-0.15, -0.1) is 0 Å². The van der Waals surface area contributed by atoms with Crippen LogP contribution in [0.15, 0.2) is 48.7 Å². The fourth-order valence-electron chi connectivity index (χ4n) is 4.49. The highest BCUT2D eigenvalue weighted by Crippen LogP contribution is 2.34. The van der Waals surface area contributed by atoms with Crippen LogP contribution in [0.2, 0.25) is 0 Å². The highest BCUT2D eigenvalue weighted by Gasteiger charge is 2.31. The number of fused-ring (bicyclic) bond motifs is 1. The highest BCUT2D eigenvalue weighted by molar-refractivity contribution is 5.81. The number of hydrogen-bond donors (Lipinski definition) is 2. The normalized spacial score (nSPS) is 18.2. The largest absolute Gasteiger partial charge is 0.481 e. The van der Waals surface area contributed by atoms with E-state index in [1.165, 1.54) is 6.20 Å². The summed E-state index contributed by atoms with van der Waals surface area (Å²) in [5, 5.41) is 9.09. The van der Waals surface area contributed by atoms with Gasteiger partial charge >= 0.3 is 12.1 Å². The third-order valence-corrected chi connectivity index (χ3v) is 6.47. The van der Waals surface area contributed by atoms with Crippen LogP contribution in [0.1, 0.15) is 31.2 Å². The molecule has 2 heterocycles. The van der Waals surface area contributed by atoms with Gasteiger partial charge in [0.05, 0.1) is 28.1 Å². The molecule has 0 unspecified atom stereocenters. The van der Waals surface area contributed by atoms with E-state index in [4.69, 9.17) is 9.84 Å². The van der Waals surface area contributed by atoms with Crippen LogP contribution in [-0.2, 0) is 11.0 Å². The van der Waals surface area contributed by atoms with Gasteiger partial charge in [0.1, 0.15) is 23.6 Å². The summed E-state index contributed by atoms with van der Waals surface area (Å²) < 4.78 is 74.7. The molecule has 0 amide bonds. The van der Waals surface area contributed by atoms with E-state index in [0.29, 0.717) is 37.1 Å². The van der Waals surface area contributed by atoms with Crippen molar-refractivity contribution in [1.82, 2.24) is 15.0 Å². The zero-order valence-electron chi connectivity index (χ0n) is 19.1. The number of carboxylic acids is 1. The Morgan fingerprint density at radius 1 is 0.973 bits per heavy atom. The number of ether oxygens (including phenoxy) is 1. The lowest BCUT2D eigenvalue weighted by Gasteiger charge is -2.26. The Balaban J connectivity index is 1.34. The summed E-state index contributed by atoms with van der Waals surface area (Å²) in [5.41, 5.74) is -0.632. The van der Waals surface area contributed by atoms with Crippen molar-refractivity contribution in [3.8, 4) is 28.4 Å². The maximum Gasteiger partial charge on any atom is 0.416 e. The summed E-state index contributed by atoms with van der Waals surface area (Å²) in [6, 6.07) is 8.19. The number of rotatable bonds is 5. The zero-order valence-corrected chi connectivity index (χ0v) is 19.1. The number of pyridine rings is 1. The monoisotopic (exact) mass is 517 g/mol. The molecule has 0 radical (unpaired) electrons. The highest BCUT2D eigenvalue weighted by atomic mass is 19.4. The molecule has 1 fully saturated rings. The van der Waals surface area contributed by atoms with Crippen molar-refractivity contribution in [3.63, 3.8) is 0 Å². The lowest BCUT2D eigenvalue weighted by molar-refractivity contribution is -0.143. The number of imidazole rings is 1. The molecule has 6 nitrogen and oxygen atoms in total. The molecule has 1 aliphatic carbocycles. The molecule has 1 aliphatic rings. The number of carbonyl (C=O) groups is 1. The summed E-state index contributed by atoms with van der Waals surface area (Å²) in [6.45, 7) is 0. The third-order valence-electron chi connectivity index (χ3n) is 6.47. The quantitative estimate of drug-likeness (QED) is 0.291. The second kappa shape index (κ2) is 9.45. The summed E-state index contributed by atoms with van der Waals surface area (Å²) in [6.07, 6.45) is -1.07. The van der Waals surface area contributed by atoms with Crippen molar-refractivity contribution >= 4 is 17.0 Å². The van der Waals surface area contributed by atoms with Gasteiger partial charge in [0.15, 0.2) is 0 Å². The van der Waals surface area contributed by atoms with E-state index in [2.05, 4.69) is 15.0 Å². The Hall–Kier alpha value is -4.02. The second-order valence-electron chi connectivity index (χ2n) is 8.94. The molecule has 2 N–H and O–H groups in total. The molecule has 192 valence electrons. The van der Waals surface area contributed by atoms with Gasteiger partial charge in [-0.3, -0.25) is 4.79 Å². The molecule has 0 bridgehead atoms. The van der Waals surface area contributed by atoms with Gasteiger partial charge in [-0.05, 0) is 67.6 Å². The molecule has 5 rings (SSSR count). The number of benzene rings is 2. The predicted octanol–water partition coefficient (Wildman–Crippen LogP) is 6.61. The first-order valence-electron chi connectivity index (χ1n) is 11.5. The number of H-pyrrole nitrogens is 1. The molecule has 4 aromatic rings. The molecular weight excluding hydrogens is 497 g/mol. The smallest absolute Gasteiger partial charge is 0.416 e. The summed E-state index contributed by atoms with van der Waals surface area (Å²) in [4.78, 5) is 21.9. The number of hydrogen-bond acceptors (Lipinski definition) is 4. The van der Waals surface area contributed by atoms with Crippen molar-refractivity contribution in [1.29, 1.82) is 0 Å². The molecule has 0 aliphatic heterocycles. The number of halogens is 5. The average molecular weight is 517 g/mol. The van der Waals surface area contributed by atoms with Crippen molar-refractivity contribution in [2.24, 2.45) is 5.92 Å². The van der Waals surface area contributed by atoms with Crippen LogP contribution in [0.3, 0.4) is 0 Å². The van der Waals surface area contributed by atoms with E-state index in [-0.39, 0.29) is 34.4 Å². The maximum absolute atomic E-state index is 15.0. The predicted molar refractivity (Wildman–Crippen MR) is 124 cm³/mol. The molecule has 37 heavy (non-hydrogen) atoms. The van der Waals surface area contributed by atoms with Gasteiger partial charge in [0.25, 0.3) is 0 Å². The van der Waals surface area contributed by atoms with E-state index in [1.807, 2.05) is 0 Å². The first kappa shape index (κ1) is 24.7. The van der Waals surface area contributed by atoms with Gasteiger partial charge in [-0.1, -0.05) is 0 Å². The Kier molecular flexibility index (Phi) is 6.30. The summed E-state index contributed by atoms with van der Waals surface area (Å²) >= 11 is 0. The number of nitrogens with one attached hydrogen (secondary N) is 1. The number of carboxylic acid groups (broad SMARTS) is 1. The average Bonchev–Trinajstić information content (AvgIpc) is 3.26. The summed E-state index contributed by atoms with van der Waals surface area (Å²) in [7, 11) is 0. The van der Waals surface area contributed by atoms with Crippen LogP contribution in [-0.4, -0.2) is 32.1 Å². The van der Waals surface area contributed by atoms with Gasteiger partial charge in [0, 0.05) is 17.8 Å². The molecule has 11 heteroatoms. The van der Waals surface area contributed by atoms with Crippen LogP contribution in [0.4, 0.5) is 22.0 Å². The van der Waals surface area contributed by atoms with Crippen molar-refractivity contribution < 1.29 is 36.6 Å². The molecular formula is C26H20F5N3O3. The van der Waals surface area contributed by atoms with E-state index < -0.39 is 34.9 Å². The number of nitrogens with zero attached hydrogens (tertiary/aromatic N) is 2. The fourth-order valence-corrected chi connectivity index (χ4v) is 4.49. The molecule has 0 atom stereocenters. The molecule has 1 saturated carbocycles. The van der Waals surface area contributed by atoms with Gasteiger partial charge in [-0.2, -0.15) is 13.2 Å². The topological polar surface area (TPSA) is 88.1 Å². The van der Waals surface area contributed by atoms with E-state index in [1.54, 1.807) is 12.1 Å². The van der Waals surface area contributed by atoms with Gasteiger partial charge in [0.2, 0.25) is 5.88 Å². The molecule has 0 spiro atoms. The van der Waals surface area contributed by atoms with Crippen LogP contribution < -0.4 is 4.74 Å². The van der Waals surface area contributed by atoms with Crippen molar-refractivity contribution in [2.75, 3.05) is 0 Å². The second-order valence-corrected chi connectivity index (χ2v) is 8.94. The van der Waals surface area contributed by atoms with Crippen molar-refractivity contribution in [2.45, 2.75) is 38.0 Å². The Labute approximate surface area is 207 Å². The maximum atomic E-state index is 15.0. The SMILES string of the molecule is O=C(O)[C@H]1CC[C@H](Oc2ccc(-c3cc(F)c(-c4nc5cc(C(F)(F)F)ccc5[nH]4)c(F)c3)cn2)CC1. The Morgan fingerprint density at radius 3 is 2.27 bits per heavy atom. The fraction of sp³-hybridized carbons (Fsp3) is 0.269. The van der Waals surface area contributed by atoms with Crippen LogP contribution in [0, 0.1) is 17.6 Å². The number of alkyl halides is 3. The summed E-state index contributed by atoms with van der Waals surface area (Å²) in [5.74, 6) is -2.96. The minimum atomic E-state index is -4.57. The molecule has 0 saturated heterocycles. The molecule has 2 aromatic carbocycles. The number of aliphatic carboxylic acids is 1. The van der Waals surface area contributed by atoms with E-state index in [0.717, 1.165) is 30.3 Å². The number of aromatic amines is 1. The van der Waals surface area contributed by atoms with Crippen LogP contribution in [0.25, 0.3) is 33.5 Å². The van der Waals surface area contributed by atoms with E-state index in [9.17, 15) is 26.7 Å². The first-order chi connectivity index (χ1) is 17.6. The van der Waals surface area contributed by atoms with E-state index >= 15 is 0 Å². The van der Waals surface area contributed by atoms with Gasteiger partial charge < -0.3 is 14.8 Å². The third kappa shape index (κ3) is 5.11. The molecule has 2 aromatic heterocycles. The Morgan fingerprint density at radius 2 is 1.68 bits per heavy atom. The lowest BCUT2D eigenvalue weighted by Crippen LogP contribution is -2.28. The van der Waals surface area contributed by atoms with Crippen LogP contribution in [0.5, 0.6) is 5.88 Å². The van der Waals surface area contributed by atoms with Crippen LogP contribution >= 0.6 is 0 Å². The van der Waals surface area contributed by atoms with Gasteiger partial charge in [-0.25, -0.2) is 18.7 Å².